The summed E-state index contributed by atoms with van der Waals surface area (Å²) in [6.07, 6.45) is 1.24. The Morgan fingerprint density at radius 3 is 1.06 bits per heavy atom. The van der Waals surface area contributed by atoms with E-state index in [1.54, 1.807) is 0 Å². The van der Waals surface area contributed by atoms with Crippen molar-refractivity contribution >= 4 is 64.1 Å². The lowest BCUT2D eigenvalue weighted by atomic mass is 9.97. The number of hydrogen-bond acceptors (Lipinski definition) is 7. The summed E-state index contributed by atoms with van der Waals surface area (Å²) in [7, 11) is -1.75. The van der Waals surface area contributed by atoms with E-state index in [0.717, 1.165) is 0 Å². The second-order valence-corrected chi connectivity index (χ2v) is 23.5. The summed E-state index contributed by atoms with van der Waals surface area (Å²) in [6.45, 7) is 1.87. The first-order valence-corrected chi connectivity index (χ1v) is 26.6. The van der Waals surface area contributed by atoms with Crippen molar-refractivity contribution in [2.45, 2.75) is 6.92 Å². The van der Waals surface area contributed by atoms with Crippen LogP contribution >= 0.6 is 14.5 Å². The minimum absolute atomic E-state index is 0.00277. The van der Waals surface area contributed by atoms with E-state index in [1.165, 1.54) is 77.2 Å². The van der Waals surface area contributed by atoms with Gasteiger partial charge in [-0.3, -0.25) is 14.4 Å². The number of rotatable bonds is 18. The summed E-state index contributed by atoms with van der Waals surface area (Å²) >= 11 is 0. The van der Waals surface area contributed by atoms with Gasteiger partial charge in [0.2, 0.25) is 0 Å². The molecule has 0 aliphatic rings. The molecule has 0 fully saturated rings. The van der Waals surface area contributed by atoms with Gasteiger partial charge in [-0.1, -0.05) is 109 Å². The molecule has 0 aliphatic heterocycles. The number of carbonyl (C=O) groups excluding carboxylic acids is 3. The van der Waals surface area contributed by atoms with Crippen LogP contribution in [-0.4, -0.2) is 62.5 Å². The zero-order valence-electron chi connectivity index (χ0n) is 38.7. The van der Waals surface area contributed by atoms with Crippen LogP contribution in [0.1, 0.15) is 27.6 Å². The van der Waals surface area contributed by atoms with Gasteiger partial charge in [0.25, 0.3) is 11.8 Å². The normalized spacial score (nSPS) is 11.3. The smallest absolute Gasteiger partial charge is 0.308 e. The second kappa shape index (κ2) is 22.0. The summed E-state index contributed by atoms with van der Waals surface area (Å²) in [5, 5.41) is 25.2. The Bertz CT molecular complexity index is 2820. The quantitative estimate of drug-likeness (QED) is 0.0449. The molecule has 9 nitrogen and oxygen atoms in total. The van der Waals surface area contributed by atoms with Gasteiger partial charge in [0.15, 0.2) is 23.0 Å². The summed E-state index contributed by atoms with van der Waals surface area (Å²) in [4.78, 5) is 41.4. The monoisotopic (exact) mass is 952 g/mol. The molecule has 0 spiro atoms. The Morgan fingerprint density at radius 2 is 0.754 bits per heavy atom. The van der Waals surface area contributed by atoms with Crippen LogP contribution in [0.3, 0.4) is 0 Å². The molecule has 0 radical (unpaired) electrons. The summed E-state index contributed by atoms with van der Waals surface area (Å²) in [5.74, 6) is -1.78. The third-order valence-corrected chi connectivity index (χ3v) is 21.1. The van der Waals surface area contributed by atoms with Gasteiger partial charge in [-0.05, 0) is 97.1 Å². The number of methoxy groups -OCH3 is 2. The van der Waals surface area contributed by atoms with Crippen molar-refractivity contribution in [2.75, 3.05) is 39.6 Å². The van der Waals surface area contributed by atoms with Gasteiger partial charge in [0.05, 0.1) is 39.6 Å². The highest BCUT2D eigenvalue weighted by atomic mass is 31.2. The highest BCUT2D eigenvalue weighted by Gasteiger charge is 2.46. The SMILES string of the molecule is COc1cc(C(=O)NCC[P+](c2ccccc2)(c2ccccc2)c2ccccc2)cc(-c2cc(C(=O)NCC[P+](c3ccccc3)(c3ccccc3)c3ccccc3)cc(OC)c2OC(C)=O)c1O. The highest BCUT2D eigenvalue weighted by molar-refractivity contribution is 7.96. The minimum atomic E-state index is -2.27. The largest absolute Gasteiger partial charge is 0.504 e. The van der Waals surface area contributed by atoms with E-state index in [9.17, 15) is 19.5 Å². The van der Waals surface area contributed by atoms with Crippen molar-refractivity contribution in [3.63, 3.8) is 0 Å². The standard InChI is InChI=1S/C58H52N2O7P2/c1-42(61)67-56-52(39-44(41-54(56)66-3)58(64)60-35-37-69(48-28-16-7-17-29-48,49-30-18-8-19-31-49)50-32-20-9-21-33-50)51-38-43(40-53(65-2)55(51)62)57(63)59-34-36-68(45-22-10-4-11-23-45,46-24-12-5-13-25-46)47-26-14-6-15-27-47/h4-33,38-41H,34-37H2,1-3H3,(H-2,59,60,62,63,64)/p+2. The van der Waals surface area contributed by atoms with Gasteiger partial charge in [0.1, 0.15) is 46.4 Å². The Morgan fingerprint density at radius 1 is 0.449 bits per heavy atom. The molecule has 11 heteroatoms. The molecule has 0 saturated heterocycles. The number of carbonyl (C=O) groups is 3. The van der Waals surface area contributed by atoms with Crippen molar-refractivity contribution in [3.8, 4) is 34.1 Å². The maximum absolute atomic E-state index is 14.4. The molecule has 69 heavy (non-hydrogen) atoms. The van der Waals surface area contributed by atoms with Crippen LogP contribution in [0.25, 0.3) is 11.1 Å². The molecule has 8 aromatic carbocycles. The molecule has 0 atom stereocenters. The van der Waals surface area contributed by atoms with Crippen LogP contribution in [0.2, 0.25) is 0 Å². The van der Waals surface area contributed by atoms with Crippen LogP contribution in [0.4, 0.5) is 0 Å². The van der Waals surface area contributed by atoms with E-state index in [0.29, 0.717) is 25.4 Å². The lowest BCUT2D eigenvalue weighted by Crippen LogP contribution is -2.38. The molecule has 8 aromatic rings. The molecule has 0 saturated carbocycles. The first-order chi connectivity index (χ1) is 33.7. The second-order valence-electron chi connectivity index (χ2n) is 16.3. The van der Waals surface area contributed by atoms with E-state index >= 15 is 0 Å². The predicted octanol–water partition coefficient (Wildman–Crippen LogP) is 8.45. The summed E-state index contributed by atoms with van der Waals surface area (Å²) < 4.78 is 17.1. The number of ether oxygens (including phenoxy) is 3. The third-order valence-electron chi connectivity index (χ3n) is 12.3. The van der Waals surface area contributed by atoms with Crippen molar-refractivity contribution in [1.29, 1.82) is 0 Å². The third kappa shape index (κ3) is 10.2. The number of hydrogen-bond donors (Lipinski definition) is 3. The van der Waals surface area contributed by atoms with Crippen molar-refractivity contribution < 1.29 is 33.7 Å². The topological polar surface area (TPSA) is 123 Å². The number of phenols is 1. The zero-order valence-corrected chi connectivity index (χ0v) is 40.5. The average Bonchev–Trinajstić information content (AvgIpc) is 3.40. The van der Waals surface area contributed by atoms with E-state index in [2.05, 4.69) is 83.4 Å². The van der Waals surface area contributed by atoms with Gasteiger partial charge in [-0.2, -0.15) is 0 Å². The minimum Gasteiger partial charge on any atom is -0.504 e. The Labute approximate surface area is 404 Å². The van der Waals surface area contributed by atoms with Gasteiger partial charge in [-0.25, -0.2) is 0 Å². The molecule has 3 N–H and O–H groups in total. The van der Waals surface area contributed by atoms with E-state index in [4.69, 9.17) is 14.2 Å². The summed E-state index contributed by atoms with van der Waals surface area (Å²) in [6, 6.07) is 68.5. The molecule has 346 valence electrons. The van der Waals surface area contributed by atoms with Crippen molar-refractivity contribution in [2.24, 2.45) is 0 Å². The van der Waals surface area contributed by atoms with E-state index in [1.807, 2.05) is 109 Å². The van der Waals surface area contributed by atoms with Crippen LogP contribution in [0.15, 0.2) is 206 Å². The molecule has 0 aromatic heterocycles. The fourth-order valence-corrected chi connectivity index (χ4v) is 17.4. The molecule has 0 bridgehead atoms. The van der Waals surface area contributed by atoms with E-state index < -0.39 is 32.3 Å². The average molecular weight is 953 g/mol. The van der Waals surface area contributed by atoms with E-state index in [-0.39, 0.29) is 45.3 Å². The van der Waals surface area contributed by atoms with Crippen LogP contribution < -0.4 is 56.7 Å². The molecule has 2 amide bonds. The lowest BCUT2D eigenvalue weighted by Gasteiger charge is -2.28. The number of esters is 1. The Hall–Kier alpha value is -7.57. The zero-order chi connectivity index (χ0) is 48.2. The molecule has 0 unspecified atom stereocenters. The molecule has 0 aliphatic carbocycles. The first kappa shape index (κ1) is 47.9. The molecule has 0 heterocycles. The summed E-state index contributed by atoms with van der Waals surface area (Å²) in [5.41, 5.74) is 0.582. The van der Waals surface area contributed by atoms with Crippen LogP contribution in [0, 0.1) is 0 Å². The predicted molar refractivity (Wildman–Crippen MR) is 283 cm³/mol. The fraction of sp³-hybridized carbons (Fsp3) is 0.121. The number of amides is 2. The van der Waals surface area contributed by atoms with Crippen molar-refractivity contribution in [1.82, 2.24) is 10.6 Å². The number of benzene rings is 8. The number of phenolic OH excluding ortho intramolecular Hbond substituents is 1. The van der Waals surface area contributed by atoms with Gasteiger partial charge >= 0.3 is 5.97 Å². The van der Waals surface area contributed by atoms with Gasteiger partial charge in [0, 0.05) is 29.2 Å². The van der Waals surface area contributed by atoms with Gasteiger partial charge < -0.3 is 30.0 Å². The molecular formula is C58H54N2O7P2+2. The lowest BCUT2D eigenvalue weighted by molar-refractivity contribution is -0.131. The van der Waals surface area contributed by atoms with Crippen molar-refractivity contribution in [3.05, 3.63) is 217 Å². The Balaban J connectivity index is 1.12. The Kier molecular flexibility index (Phi) is 15.3. The van der Waals surface area contributed by atoms with Gasteiger partial charge in [-0.15, -0.1) is 0 Å². The van der Waals surface area contributed by atoms with Crippen LogP contribution in [0.5, 0.6) is 23.0 Å². The maximum atomic E-state index is 14.4. The maximum Gasteiger partial charge on any atom is 0.308 e. The molecule has 8 rings (SSSR count). The van der Waals surface area contributed by atoms with Crippen LogP contribution in [-0.2, 0) is 4.79 Å². The number of aromatic hydroxyl groups is 1. The fourth-order valence-electron chi connectivity index (χ4n) is 9.08. The number of nitrogens with one attached hydrogen (secondary N) is 2. The molecular weight excluding hydrogens is 899 g/mol. The highest BCUT2D eigenvalue weighted by Crippen LogP contribution is 2.56. The first-order valence-electron chi connectivity index (χ1n) is 22.7.